The predicted octanol–water partition coefficient (Wildman–Crippen LogP) is 2.80. The summed E-state index contributed by atoms with van der Waals surface area (Å²) >= 11 is 0. The van der Waals surface area contributed by atoms with E-state index in [1.165, 1.54) is 12.2 Å². The third-order valence-electron chi connectivity index (χ3n) is 5.56. The number of hydrogen-bond donors (Lipinski definition) is 0. The van der Waals surface area contributed by atoms with Gasteiger partial charge in [-0.2, -0.15) is 0 Å². The number of esters is 1. The summed E-state index contributed by atoms with van der Waals surface area (Å²) in [6, 6.07) is 6.76. The van der Waals surface area contributed by atoms with E-state index in [4.69, 9.17) is 9.47 Å². The lowest BCUT2D eigenvalue weighted by atomic mass is 9.77. The van der Waals surface area contributed by atoms with Crippen molar-refractivity contribution in [2.24, 2.45) is 5.92 Å². The second-order valence-electron chi connectivity index (χ2n) is 7.44. The van der Waals surface area contributed by atoms with Crippen LogP contribution < -0.4 is 4.90 Å². The van der Waals surface area contributed by atoms with Crippen molar-refractivity contribution in [1.29, 1.82) is 0 Å². The van der Waals surface area contributed by atoms with Gasteiger partial charge in [-0.1, -0.05) is 19.1 Å². The fourth-order valence-corrected chi connectivity index (χ4v) is 3.59. The van der Waals surface area contributed by atoms with Gasteiger partial charge in [-0.15, -0.1) is 0 Å². The maximum Gasteiger partial charge on any atom is 0.310 e. The molecule has 1 aromatic carbocycles. The van der Waals surface area contributed by atoms with Crippen LogP contribution in [0.3, 0.4) is 0 Å². The molecule has 3 rings (SSSR count). The summed E-state index contributed by atoms with van der Waals surface area (Å²) in [6.07, 6.45) is 4.56. The van der Waals surface area contributed by atoms with Crippen LogP contribution in [0, 0.1) is 5.92 Å². The molecule has 2 heterocycles. The van der Waals surface area contributed by atoms with Crippen LogP contribution in [0.15, 0.2) is 36.4 Å². The molecule has 1 fully saturated rings. The highest BCUT2D eigenvalue weighted by atomic mass is 16.5. The van der Waals surface area contributed by atoms with Crippen molar-refractivity contribution in [2.75, 3.05) is 11.5 Å². The topological polar surface area (TPSA) is 72.9 Å². The smallest absolute Gasteiger partial charge is 0.310 e. The molecule has 0 aliphatic carbocycles. The van der Waals surface area contributed by atoms with E-state index in [0.717, 1.165) is 23.3 Å². The van der Waals surface area contributed by atoms with E-state index in [1.807, 2.05) is 0 Å². The molecule has 0 aromatic heterocycles. The van der Waals surface area contributed by atoms with E-state index in [1.54, 1.807) is 24.3 Å². The van der Waals surface area contributed by atoms with Crippen LogP contribution in [0.4, 0.5) is 5.69 Å². The van der Waals surface area contributed by atoms with E-state index in [0.29, 0.717) is 24.3 Å². The largest absolute Gasteiger partial charge is 0.465 e. The Labute approximate surface area is 159 Å². The van der Waals surface area contributed by atoms with Crippen molar-refractivity contribution in [2.45, 2.75) is 51.7 Å². The van der Waals surface area contributed by atoms with Crippen LogP contribution in [-0.4, -0.2) is 36.1 Å². The van der Waals surface area contributed by atoms with Crippen LogP contribution in [0.1, 0.15) is 39.2 Å². The average molecular weight is 371 g/mol. The van der Waals surface area contributed by atoms with Gasteiger partial charge < -0.3 is 9.47 Å². The van der Waals surface area contributed by atoms with Crippen LogP contribution in [-0.2, 0) is 30.3 Å². The molecule has 3 unspecified atom stereocenters. The minimum Gasteiger partial charge on any atom is -0.465 e. The lowest BCUT2D eigenvalue weighted by molar-refractivity contribution is -0.241. The Morgan fingerprint density at radius 2 is 1.78 bits per heavy atom. The van der Waals surface area contributed by atoms with Crippen molar-refractivity contribution < 1.29 is 23.9 Å². The van der Waals surface area contributed by atoms with Crippen LogP contribution >= 0.6 is 0 Å². The molecule has 0 radical (unpaired) electrons. The molecule has 2 aliphatic heterocycles. The highest BCUT2D eigenvalue weighted by Gasteiger charge is 2.46. The molecule has 0 bridgehead atoms. The van der Waals surface area contributed by atoms with Crippen molar-refractivity contribution in [1.82, 2.24) is 0 Å². The Morgan fingerprint density at radius 3 is 2.33 bits per heavy atom. The van der Waals surface area contributed by atoms with Crippen LogP contribution in [0.2, 0.25) is 0 Å². The third kappa shape index (κ3) is 4.11. The normalized spacial score (nSPS) is 27.0. The molecule has 2 amide bonds. The first kappa shape index (κ1) is 19.3. The standard InChI is InChI=1S/C21H25NO5/c1-14-15(2)27-21(14,3)11-4-12-26-20(25)13-16-5-7-17(8-6-16)22-18(23)9-10-19(22)24/h5-10,14-15H,4,11-13H2,1-3H3. The van der Waals surface area contributed by atoms with E-state index in [2.05, 4.69) is 20.8 Å². The Balaban J connectivity index is 1.42. The molecule has 144 valence electrons. The molecule has 0 N–H and O–H groups in total. The highest BCUT2D eigenvalue weighted by Crippen LogP contribution is 2.41. The molecule has 6 heteroatoms. The van der Waals surface area contributed by atoms with Gasteiger partial charge in [0, 0.05) is 18.1 Å². The van der Waals surface area contributed by atoms with E-state index < -0.39 is 0 Å². The molecule has 1 saturated heterocycles. The number of imide groups is 1. The summed E-state index contributed by atoms with van der Waals surface area (Å²) in [7, 11) is 0. The number of carbonyl (C=O) groups is 3. The van der Waals surface area contributed by atoms with E-state index in [-0.39, 0.29) is 29.8 Å². The molecule has 3 atom stereocenters. The number of amides is 2. The van der Waals surface area contributed by atoms with Crippen molar-refractivity contribution in [3.63, 3.8) is 0 Å². The Bertz CT molecular complexity index is 751. The van der Waals surface area contributed by atoms with Gasteiger partial charge in [0.25, 0.3) is 11.8 Å². The Morgan fingerprint density at radius 1 is 1.15 bits per heavy atom. The van der Waals surface area contributed by atoms with Gasteiger partial charge in [0.05, 0.1) is 30.4 Å². The fraction of sp³-hybridized carbons (Fsp3) is 0.476. The van der Waals surface area contributed by atoms with Gasteiger partial charge in [0.1, 0.15) is 0 Å². The summed E-state index contributed by atoms with van der Waals surface area (Å²) in [4.78, 5) is 36.4. The molecular formula is C21H25NO5. The second-order valence-corrected chi connectivity index (χ2v) is 7.44. The van der Waals surface area contributed by atoms with Crippen LogP contribution in [0.25, 0.3) is 0 Å². The van der Waals surface area contributed by atoms with Gasteiger partial charge in [0.15, 0.2) is 0 Å². The molecular weight excluding hydrogens is 346 g/mol. The first-order chi connectivity index (χ1) is 12.8. The number of hydrogen-bond acceptors (Lipinski definition) is 5. The summed E-state index contributed by atoms with van der Waals surface area (Å²) < 4.78 is 11.1. The fourth-order valence-electron chi connectivity index (χ4n) is 3.59. The van der Waals surface area contributed by atoms with Gasteiger partial charge in [-0.3, -0.25) is 14.4 Å². The maximum absolute atomic E-state index is 12.0. The van der Waals surface area contributed by atoms with Crippen molar-refractivity contribution in [3.05, 3.63) is 42.0 Å². The van der Waals surface area contributed by atoms with Gasteiger partial charge in [0.2, 0.25) is 0 Å². The molecule has 1 aromatic rings. The van der Waals surface area contributed by atoms with Crippen molar-refractivity contribution >= 4 is 23.5 Å². The van der Waals surface area contributed by atoms with Gasteiger partial charge in [-0.05, 0) is 44.4 Å². The number of anilines is 1. The minimum atomic E-state index is -0.361. The number of ether oxygens (including phenoxy) is 2. The average Bonchev–Trinajstić information content (AvgIpc) is 2.98. The zero-order valence-corrected chi connectivity index (χ0v) is 15.9. The summed E-state index contributed by atoms with van der Waals surface area (Å²) in [5.41, 5.74) is 1.15. The maximum atomic E-state index is 12.0. The van der Waals surface area contributed by atoms with Gasteiger partial charge >= 0.3 is 5.97 Å². The number of benzene rings is 1. The number of rotatable bonds is 7. The molecule has 0 saturated carbocycles. The third-order valence-corrected chi connectivity index (χ3v) is 5.56. The first-order valence-electron chi connectivity index (χ1n) is 9.29. The summed E-state index contributed by atoms with van der Waals surface area (Å²) in [6.45, 7) is 6.73. The number of carbonyl (C=O) groups excluding carboxylic acids is 3. The zero-order valence-electron chi connectivity index (χ0n) is 15.9. The quantitative estimate of drug-likeness (QED) is 0.419. The first-order valence-corrected chi connectivity index (χ1v) is 9.29. The van der Waals surface area contributed by atoms with Crippen molar-refractivity contribution in [3.8, 4) is 0 Å². The highest BCUT2D eigenvalue weighted by molar-refractivity contribution is 6.28. The van der Waals surface area contributed by atoms with E-state index >= 15 is 0 Å². The number of nitrogens with zero attached hydrogens (tertiary/aromatic N) is 1. The molecule has 27 heavy (non-hydrogen) atoms. The minimum absolute atomic E-state index is 0.110. The molecule has 6 nitrogen and oxygen atoms in total. The lowest BCUT2D eigenvalue weighted by Gasteiger charge is -2.51. The predicted molar refractivity (Wildman–Crippen MR) is 100 cm³/mol. The molecule has 2 aliphatic rings. The molecule has 0 spiro atoms. The van der Waals surface area contributed by atoms with Crippen LogP contribution in [0.5, 0.6) is 0 Å². The monoisotopic (exact) mass is 371 g/mol. The summed E-state index contributed by atoms with van der Waals surface area (Å²) in [5.74, 6) is -0.504. The SMILES string of the molecule is CC1OC(C)(CCCOC(=O)Cc2ccc(N3C(=O)C=CC3=O)cc2)C1C. The summed E-state index contributed by atoms with van der Waals surface area (Å²) in [5, 5.41) is 0. The lowest BCUT2D eigenvalue weighted by Crippen LogP contribution is -2.55. The second kappa shape index (κ2) is 7.64. The van der Waals surface area contributed by atoms with Gasteiger partial charge in [-0.25, -0.2) is 4.90 Å². The zero-order chi connectivity index (χ0) is 19.6. The Kier molecular flexibility index (Phi) is 5.46. The Hall–Kier alpha value is -2.47. The van der Waals surface area contributed by atoms with E-state index in [9.17, 15) is 14.4 Å².